The number of cyclic esters (lactones) is 1. The SMILES string of the molecule is Cc1noc(CSCC(=O)N2CCC3(CC2)CC(CN(C)C)OC3=O)n1.O=CO. The number of aryl methyl sites for hydroxylation is 1. The number of likely N-dealkylation sites (N-methyl/N-ethyl adjacent to an activating group) is 1. The van der Waals surface area contributed by atoms with Crippen LogP contribution in [0.15, 0.2) is 4.52 Å². The van der Waals surface area contributed by atoms with Gasteiger partial charge >= 0.3 is 5.97 Å². The average molecular weight is 429 g/mol. The van der Waals surface area contributed by atoms with Gasteiger partial charge in [0.1, 0.15) is 6.10 Å². The first kappa shape index (κ1) is 23.1. The quantitative estimate of drug-likeness (QED) is 0.513. The van der Waals surface area contributed by atoms with Crippen molar-refractivity contribution < 1.29 is 28.8 Å². The molecule has 3 heterocycles. The topological polar surface area (TPSA) is 126 Å². The summed E-state index contributed by atoms with van der Waals surface area (Å²) in [6, 6.07) is 0. The summed E-state index contributed by atoms with van der Waals surface area (Å²) in [5.74, 6) is 2.06. The van der Waals surface area contributed by atoms with Crippen LogP contribution in [-0.4, -0.2) is 89.0 Å². The summed E-state index contributed by atoms with van der Waals surface area (Å²) in [5, 5.41) is 10.6. The van der Waals surface area contributed by atoms with Crippen molar-refractivity contribution in [1.82, 2.24) is 19.9 Å². The van der Waals surface area contributed by atoms with Crippen LogP contribution in [0, 0.1) is 12.3 Å². The van der Waals surface area contributed by atoms with Crippen molar-refractivity contribution in [3.63, 3.8) is 0 Å². The first-order valence-corrected chi connectivity index (χ1v) is 10.5. The molecule has 11 heteroatoms. The molecule has 29 heavy (non-hydrogen) atoms. The van der Waals surface area contributed by atoms with Crippen LogP contribution in [0.1, 0.15) is 31.0 Å². The Kier molecular flexibility index (Phi) is 8.45. The molecule has 1 N–H and O–H groups in total. The number of hydrogen-bond acceptors (Lipinski definition) is 9. The number of piperidine rings is 1. The monoisotopic (exact) mass is 428 g/mol. The van der Waals surface area contributed by atoms with E-state index < -0.39 is 5.41 Å². The van der Waals surface area contributed by atoms with Gasteiger partial charge in [-0.2, -0.15) is 4.98 Å². The Morgan fingerprint density at radius 2 is 2.07 bits per heavy atom. The molecule has 2 saturated heterocycles. The van der Waals surface area contributed by atoms with E-state index in [1.54, 1.807) is 6.92 Å². The Morgan fingerprint density at radius 1 is 1.41 bits per heavy atom. The van der Waals surface area contributed by atoms with Gasteiger partial charge in [-0.3, -0.25) is 14.4 Å². The van der Waals surface area contributed by atoms with Crippen molar-refractivity contribution in [2.75, 3.05) is 39.5 Å². The minimum atomic E-state index is -0.397. The van der Waals surface area contributed by atoms with Gasteiger partial charge in [-0.25, -0.2) is 0 Å². The molecule has 1 spiro atoms. The normalized spacial score (nSPS) is 20.3. The third-order valence-electron chi connectivity index (χ3n) is 4.99. The van der Waals surface area contributed by atoms with E-state index in [9.17, 15) is 9.59 Å². The van der Waals surface area contributed by atoms with E-state index in [0.717, 1.165) is 13.0 Å². The van der Waals surface area contributed by atoms with Gasteiger partial charge in [0.25, 0.3) is 6.47 Å². The lowest BCUT2D eigenvalue weighted by molar-refractivity contribution is -0.152. The van der Waals surface area contributed by atoms with Crippen LogP contribution in [0.3, 0.4) is 0 Å². The maximum absolute atomic E-state index is 12.4. The van der Waals surface area contributed by atoms with Gasteiger partial charge in [0.05, 0.1) is 16.9 Å². The van der Waals surface area contributed by atoms with Crippen LogP contribution >= 0.6 is 11.8 Å². The van der Waals surface area contributed by atoms with Crippen LogP contribution in [0.5, 0.6) is 0 Å². The fourth-order valence-electron chi connectivity index (χ4n) is 3.65. The molecule has 1 atom stereocenters. The molecule has 1 aromatic rings. The predicted octanol–water partition coefficient (Wildman–Crippen LogP) is 0.798. The molecule has 2 aliphatic rings. The molecule has 2 fully saturated rings. The number of likely N-dealkylation sites (tertiary alicyclic amines) is 1. The molecule has 0 saturated carbocycles. The second kappa shape index (κ2) is 10.6. The summed E-state index contributed by atoms with van der Waals surface area (Å²) >= 11 is 1.47. The van der Waals surface area contributed by atoms with Crippen molar-refractivity contribution in [2.45, 2.75) is 38.0 Å². The van der Waals surface area contributed by atoms with Gasteiger partial charge in [0.15, 0.2) is 5.82 Å². The fourth-order valence-corrected chi connectivity index (χ4v) is 4.41. The molecule has 0 aliphatic carbocycles. The van der Waals surface area contributed by atoms with Crippen LogP contribution < -0.4 is 0 Å². The Hall–Kier alpha value is -2.14. The highest BCUT2D eigenvalue weighted by Crippen LogP contribution is 2.43. The minimum Gasteiger partial charge on any atom is -0.483 e. The predicted molar refractivity (Wildman–Crippen MR) is 105 cm³/mol. The zero-order valence-corrected chi connectivity index (χ0v) is 17.8. The van der Waals surface area contributed by atoms with Crippen molar-refractivity contribution in [3.05, 3.63) is 11.7 Å². The molecule has 0 bridgehead atoms. The molecule has 1 unspecified atom stereocenters. The highest BCUT2D eigenvalue weighted by atomic mass is 32.2. The number of amides is 1. The van der Waals surface area contributed by atoms with Gasteiger partial charge in [-0.15, -0.1) is 11.8 Å². The number of esters is 1. The Morgan fingerprint density at radius 3 is 2.62 bits per heavy atom. The molecule has 2 aliphatic heterocycles. The Labute approximate surface area is 173 Å². The summed E-state index contributed by atoms with van der Waals surface area (Å²) in [4.78, 5) is 41.2. The molecule has 3 rings (SSSR count). The summed E-state index contributed by atoms with van der Waals surface area (Å²) in [5.41, 5.74) is -0.397. The molecular weight excluding hydrogens is 400 g/mol. The zero-order valence-electron chi connectivity index (χ0n) is 17.0. The molecule has 1 amide bonds. The number of aromatic nitrogens is 2. The van der Waals surface area contributed by atoms with Gasteiger partial charge < -0.3 is 24.2 Å². The van der Waals surface area contributed by atoms with Crippen molar-refractivity contribution in [2.24, 2.45) is 5.41 Å². The van der Waals surface area contributed by atoms with Gasteiger partial charge in [0, 0.05) is 26.1 Å². The number of nitrogens with zero attached hydrogens (tertiary/aromatic N) is 4. The second-order valence-electron chi connectivity index (χ2n) is 7.49. The highest BCUT2D eigenvalue weighted by molar-refractivity contribution is 7.99. The molecule has 1 aromatic heterocycles. The van der Waals surface area contributed by atoms with E-state index in [2.05, 4.69) is 10.1 Å². The molecular formula is C18H28N4O6S. The highest BCUT2D eigenvalue weighted by Gasteiger charge is 2.50. The molecule has 10 nitrogen and oxygen atoms in total. The molecule has 0 radical (unpaired) electrons. The lowest BCUT2D eigenvalue weighted by Crippen LogP contribution is -2.45. The van der Waals surface area contributed by atoms with Crippen LogP contribution in [0.25, 0.3) is 0 Å². The van der Waals surface area contributed by atoms with E-state index in [4.69, 9.17) is 19.2 Å². The number of carbonyl (C=O) groups is 3. The number of carboxylic acid groups (broad SMARTS) is 1. The molecule has 0 aromatic carbocycles. The summed E-state index contributed by atoms with van der Waals surface area (Å²) in [6.07, 6.45) is 2.11. The summed E-state index contributed by atoms with van der Waals surface area (Å²) in [7, 11) is 3.96. The van der Waals surface area contributed by atoms with Crippen molar-refractivity contribution in [1.29, 1.82) is 0 Å². The van der Waals surface area contributed by atoms with Gasteiger partial charge in [0.2, 0.25) is 11.8 Å². The first-order valence-electron chi connectivity index (χ1n) is 9.38. The zero-order chi connectivity index (χ0) is 21.4. The number of ether oxygens (including phenoxy) is 1. The van der Waals surface area contributed by atoms with Crippen molar-refractivity contribution in [3.8, 4) is 0 Å². The third-order valence-corrected chi connectivity index (χ3v) is 5.89. The van der Waals surface area contributed by atoms with Crippen LogP contribution in [-0.2, 0) is 24.9 Å². The number of thioether (sulfide) groups is 1. The smallest absolute Gasteiger partial charge is 0.312 e. The lowest BCUT2D eigenvalue weighted by atomic mass is 9.76. The van der Waals surface area contributed by atoms with E-state index in [-0.39, 0.29) is 24.5 Å². The van der Waals surface area contributed by atoms with E-state index in [1.807, 2.05) is 23.9 Å². The third kappa shape index (κ3) is 6.43. The maximum Gasteiger partial charge on any atom is 0.312 e. The average Bonchev–Trinajstić information content (AvgIpc) is 3.19. The Balaban J connectivity index is 0.000000941. The fraction of sp³-hybridized carbons (Fsp3) is 0.722. The molecule has 162 valence electrons. The lowest BCUT2D eigenvalue weighted by Gasteiger charge is -2.36. The largest absolute Gasteiger partial charge is 0.483 e. The number of carbonyl (C=O) groups excluding carboxylic acids is 2. The number of rotatable bonds is 6. The van der Waals surface area contributed by atoms with E-state index in [1.165, 1.54) is 11.8 Å². The van der Waals surface area contributed by atoms with Crippen molar-refractivity contribution >= 4 is 30.1 Å². The number of hydrogen-bond donors (Lipinski definition) is 1. The minimum absolute atomic E-state index is 0.0341. The van der Waals surface area contributed by atoms with Gasteiger partial charge in [-0.05, 0) is 33.9 Å². The maximum atomic E-state index is 12.4. The van der Waals surface area contributed by atoms with E-state index >= 15 is 0 Å². The first-order chi connectivity index (χ1) is 13.8. The standard InChI is InChI=1S/C17H26N4O4S.CH2O2/c1-12-18-14(25-19-12)10-26-11-15(22)21-6-4-17(5-7-21)8-13(9-20(2)3)24-16(17)23;2-1-3/h13H,4-11H2,1-3H3;1H,(H,2,3). The van der Waals surface area contributed by atoms with E-state index in [0.29, 0.717) is 49.2 Å². The van der Waals surface area contributed by atoms with Crippen LogP contribution in [0.4, 0.5) is 0 Å². The summed E-state index contributed by atoms with van der Waals surface area (Å²) in [6.45, 7) is 3.50. The van der Waals surface area contributed by atoms with Crippen LogP contribution in [0.2, 0.25) is 0 Å². The Bertz CT molecular complexity index is 702. The van der Waals surface area contributed by atoms with Gasteiger partial charge in [-0.1, -0.05) is 5.16 Å². The second-order valence-corrected chi connectivity index (χ2v) is 8.47. The summed E-state index contributed by atoms with van der Waals surface area (Å²) < 4.78 is 10.6.